The Morgan fingerprint density at radius 1 is 1.15 bits per heavy atom. The van der Waals surface area contributed by atoms with E-state index in [2.05, 4.69) is 32.5 Å². The Kier molecular flexibility index (Phi) is 6.22. The summed E-state index contributed by atoms with van der Waals surface area (Å²) in [6.07, 6.45) is -2.77. The van der Waals surface area contributed by atoms with Crippen molar-refractivity contribution in [3.8, 4) is 11.3 Å². The molecule has 1 aliphatic rings. The number of anilines is 2. The Hall–Kier alpha value is -2.88. The lowest BCUT2D eigenvalue weighted by atomic mass is 9.86. The zero-order chi connectivity index (χ0) is 24.8. The van der Waals surface area contributed by atoms with Gasteiger partial charge in [-0.15, -0.1) is 0 Å². The van der Waals surface area contributed by atoms with Crippen LogP contribution in [0.2, 0.25) is 0 Å². The molecule has 1 fully saturated rings. The summed E-state index contributed by atoms with van der Waals surface area (Å²) < 4.78 is 44.6. The largest absolute Gasteiger partial charge is 0.454 e. The van der Waals surface area contributed by atoms with Gasteiger partial charge in [0.05, 0.1) is 17.0 Å². The molecule has 3 aromatic heterocycles. The molecule has 34 heavy (non-hydrogen) atoms. The molecule has 0 amide bonds. The van der Waals surface area contributed by atoms with Crippen molar-refractivity contribution in [1.82, 2.24) is 15.0 Å². The predicted molar refractivity (Wildman–Crippen MR) is 125 cm³/mol. The van der Waals surface area contributed by atoms with Crippen LogP contribution in [0.25, 0.3) is 22.3 Å². The van der Waals surface area contributed by atoms with Crippen molar-refractivity contribution < 1.29 is 22.7 Å². The zero-order valence-corrected chi connectivity index (χ0v) is 20.0. The van der Waals surface area contributed by atoms with Gasteiger partial charge in [0.15, 0.2) is 5.58 Å². The van der Waals surface area contributed by atoms with Crippen molar-refractivity contribution in [2.24, 2.45) is 11.8 Å². The maximum atomic E-state index is 12.8. The first-order chi connectivity index (χ1) is 15.9. The maximum Gasteiger partial charge on any atom is 0.405 e. The van der Waals surface area contributed by atoms with E-state index in [0.717, 1.165) is 29.6 Å². The van der Waals surface area contributed by atoms with Gasteiger partial charge in [-0.25, -0.2) is 4.98 Å². The number of hydrogen-bond donors (Lipinski definition) is 3. The van der Waals surface area contributed by atoms with Gasteiger partial charge in [-0.2, -0.15) is 18.2 Å². The Morgan fingerprint density at radius 3 is 2.53 bits per heavy atom. The summed E-state index contributed by atoms with van der Waals surface area (Å²) in [7, 11) is 0. The van der Waals surface area contributed by atoms with Gasteiger partial charge < -0.3 is 20.2 Å². The van der Waals surface area contributed by atoms with E-state index in [1.807, 2.05) is 32.9 Å². The number of alkyl halides is 3. The van der Waals surface area contributed by atoms with Crippen LogP contribution in [0.3, 0.4) is 0 Å². The van der Waals surface area contributed by atoms with Crippen molar-refractivity contribution in [2.45, 2.75) is 59.2 Å². The number of aromatic nitrogens is 3. The maximum absolute atomic E-state index is 12.8. The summed E-state index contributed by atoms with van der Waals surface area (Å²) in [4.78, 5) is 13.2. The van der Waals surface area contributed by atoms with Crippen molar-refractivity contribution in [3.05, 3.63) is 29.2 Å². The fourth-order valence-electron chi connectivity index (χ4n) is 4.89. The minimum atomic E-state index is -4.40. The van der Waals surface area contributed by atoms with Crippen LogP contribution in [0.1, 0.15) is 43.8 Å². The van der Waals surface area contributed by atoms with Crippen LogP contribution in [0.5, 0.6) is 0 Å². The van der Waals surface area contributed by atoms with Crippen LogP contribution in [-0.2, 0) is 0 Å². The van der Waals surface area contributed by atoms with Crippen LogP contribution in [0.15, 0.2) is 16.5 Å². The third kappa shape index (κ3) is 4.68. The molecule has 184 valence electrons. The lowest BCUT2D eigenvalue weighted by Crippen LogP contribution is -2.40. The summed E-state index contributed by atoms with van der Waals surface area (Å²) in [5, 5.41) is 16.4. The highest BCUT2D eigenvalue weighted by molar-refractivity contribution is 5.87. The molecule has 3 N–H and O–H groups in total. The van der Waals surface area contributed by atoms with E-state index in [0.29, 0.717) is 28.4 Å². The molecule has 3 heterocycles. The van der Waals surface area contributed by atoms with E-state index < -0.39 is 18.3 Å². The summed E-state index contributed by atoms with van der Waals surface area (Å²) in [6, 6.07) is 3.80. The van der Waals surface area contributed by atoms with E-state index >= 15 is 0 Å². The number of furan rings is 1. The lowest BCUT2D eigenvalue weighted by Gasteiger charge is -2.34. The highest BCUT2D eigenvalue weighted by Gasteiger charge is 2.43. The first kappa shape index (κ1) is 24.3. The van der Waals surface area contributed by atoms with Gasteiger partial charge in [0, 0.05) is 23.2 Å². The van der Waals surface area contributed by atoms with E-state index in [1.54, 1.807) is 6.92 Å². The number of fused-ring (bicyclic) bond motifs is 1. The summed E-state index contributed by atoms with van der Waals surface area (Å²) >= 11 is 0. The molecule has 3 aromatic rings. The Labute approximate surface area is 196 Å². The van der Waals surface area contributed by atoms with Gasteiger partial charge >= 0.3 is 6.18 Å². The molecule has 3 atom stereocenters. The second kappa shape index (κ2) is 8.72. The molecule has 0 aliphatic heterocycles. The van der Waals surface area contributed by atoms with Crippen LogP contribution >= 0.6 is 0 Å². The molecule has 1 aliphatic carbocycles. The fourth-order valence-corrected chi connectivity index (χ4v) is 4.89. The van der Waals surface area contributed by atoms with E-state index in [9.17, 15) is 18.3 Å². The number of nitrogens with zero attached hydrogens (tertiary/aromatic N) is 3. The summed E-state index contributed by atoms with van der Waals surface area (Å²) in [6.45, 7) is 8.46. The SMILES string of the molecule is Cc1cc2cc(-c3c(C)nc(NCC(F)(F)F)nc3NC3(C)CCC(CO)C3C)oc2c(C)n1. The Balaban J connectivity index is 1.81. The molecule has 0 radical (unpaired) electrons. The van der Waals surface area contributed by atoms with E-state index in [-0.39, 0.29) is 24.4 Å². The normalized spacial score (nSPS) is 23.0. The van der Waals surface area contributed by atoms with Crippen LogP contribution < -0.4 is 10.6 Å². The number of aliphatic hydroxyl groups excluding tert-OH is 1. The van der Waals surface area contributed by atoms with Crippen molar-refractivity contribution in [1.29, 1.82) is 0 Å². The molecule has 10 heteroatoms. The van der Waals surface area contributed by atoms with E-state index in [1.165, 1.54) is 0 Å². The molecular weight excluding hydrogens is 447 g/mol. The molecule has 0 bridgehead atoms. The second-order valence-electron chi connectivity index (χ2n) is 9.52. The average Bonchev–Trinajstić information content (AvgIpc) is 3.27. The van der Waals surface area contributed by atoms with Crippen molar-refractivity contribution >= 4 is 22.7 Å². The summed E-state index contributed by atoms with van der Waals surface area (Å²) in [5.74, 6) is 1.05. The number of hydrogen-bond acceptors (Lipinski definition) is 7. The molecule has 0 spiro atoms. The highest BCUT2D eigenvalue weighted by atomic mass is 19.4. The smallest absolute Gasteiger partial charge is 0.405 e. The standard InChI is InChI=1S/C24H30F3N5O2/c1-12-8-17-9-18(34-20(17)15(4)29-12)19-14(3)30-22(28-11-24(25,26)27)31-21(19)32-23(5)7-6-16(10-33)13(23)2/h8-9,13,16,33H,6-7,10-11H2,1-5H3,(H2,28,30,31,32). The van der Waals surface area contributed by atoms with Gasteiger partial charge in [0.1, 0.15) is 18.1 Å². The average molecular weight is 478 g/mol. The highest BCUT2D eigenvalue weighted by Crippen LogP contribution is 2.44. The van der Waals surface area contributed by atoms with Gasteiger partial charge in [-0.05, 0) is 64.5 Å². The Morgan fingerprint density at radius 2 is 1.88 bits per heavy atom. The second-order valence-corrected chi connectivity index (χ2v) is 9.52. The molecule has 1 saturated carbocycles. The van der Waals surface area contributed by atoms with E-state index in [4.69, 9.17) is 4.42 Å². The first-order valence-electron chi connectivity index (χ1n) is 11.4. The molecule has 0 saturated heterocycles. The number of aryl methyl sites for hydroxylation is 3. The quantitative estimate of drug-likeness (QED) is 0.438. The van der Waals surface area contributed by atoms with Gasteiger partial charge in [-0.1, -0.05) is 6.92 Å². The lowest BCUT2D eigenvalue weighted by molar-refractivity contribution is -0.115. The molecule has 4 rings (SSSR count). The third-order valence-electron chi connectivity index (χ3n) is 6.97. The van der Waals surface area contributed by atoms with Gasteiger partial charge in [-0.3, -0.25) is 4.98 Å². The minimum Gasteiger partial charge on any atom is -0.454 e. The number of nitrogens with one attached hydrogen (secondary N) is 2. The van der Waals surface area contributed by atoms with Crippen LogP contribution in [0, 0.1) is 32.6 Å². The third-order valence-corrected chi connectivity index (χ3v) is 6.97. The summed E-state index contributed by atoms with van der Waals surface area (Å²) in [5.41, 5.74) is 2.91. The van der Waals surface area contributed by atoms with Crippen molar-refractivity contribution in [3.63, 3.8) is 0 Å². The fraction of sp³-hybridized carbons (Fsp3) is 0.542. The number of pyridine rings is 1. The van der Waals surface area contributed by atoms with Crippen molar-refractivity contribution in [2.75, 3.05) is 23.8 Å². The van der Waals surface area contributed by atoms with Crippen LogP contribution in [-0.4, -0.2) is 44.9 Å². The molecular formula is C24H30F3N5O2. The number of halogens is 3. The zero-order valence-electron chi connectivity index (χ0n) is 20.0. The molecule has 3 unspecified atom stereocenters. The van der Waals surface area contributed by atoms with Gasteiger partial charge in [0.25, 0.3) is 0 Å². The van der Waals surface area contributed by atoms with Crippen LogP contribution in [0.4, 0.5) is 24.9 Å². The monoisotopic (exact) mass is 477 g/mol. The predicted octanol–water partition coefficient (Wildman–Crippen LogP) is 5.39. The van der Waals surface area contributed by atoms with Gasteiger partial charge in [0.2, 0.25) is 5.95 Å². The Bertz CT molecular complexity index is 1210. The first-order valence-corrected chi connectivity index (χ1v) is 11.4. The number of rotatable bonds is 6. The minimum absolute atomic E-state index is 0.0850. The number of aliphatic hydroxyl groups is 1. The molecule has 7 nitrogen and oxygen atoms in total. The topological polar surface area (TPSA) is 96.1 Å². The molecule has 0 aromatic carbocycles.